The van der Waals surface area contributed by atoms with Crippen LogP contribution in [0.1, 0.15) is 6.92 Å². The summed E-state index contributed by atoms with van der Waals surface area (Å²) >= 11 is 0. The highest BCUT2D eigenvalue weighted by Gasteiger charge is 2.17. The van der Waals surface area contributed by atoms with E-state index in [2.05, 4.69) is 15.3 Å². The molecule has 0 aliphatic rings. The fourth-order valence-electron chi connectivity index (χ4n) is 1.76. The largest absolute Gasteiger partial charge is 0.481 e. The van der Waals surface area contributed by atoms with E-state index in [0.29, 0.717) is 17.3 Å². The van der Waals surface area contributed by atoms with E-state index in [1.54, 1.807) is 30.2 Å². The summed E-state index contributed by atoms with van der Waals surface area (Å²) in [6, 6.07) is 9.22. The van der Waals surface area contributed by atoms with Crippen molar-refractivity contribution in [3.8, 4) is 5.75 Å². The van der Waals surface area contributed by atoms with Crippen LogP contribution in [-0.2, 0) is 4.79 Å². The van der Waals surface area contributed by atoms with E-state index >= 15 is 0 Å². The number of rotatable bonds is 5. The minimum atomic E-state index is -0.623. The Morgan fingerprint density at radius 3 is 2.67 bits per heavy atom. The smallest absolute Gasteiger partial charge is 0.265 e. The molecule has 0 saturated carbocycles. The fourth-order valence-corrected chi connectivity index (χ4v) is 1.76. The van der Waals surface area contributed by atoms with Crippen molar-refractivity contribution < 1.29 is 9.53 Å². The first-order valence-electron chi connectivity index (χ1n) is 6.58. The van der Waals surface area contributed by atoms with Crippen LogP contribution in [0.15, 0.2) is 42.9 Å². The van der Waals surface area contributed by atoms with Gasteiger partial charge in [-0.25, -0.2) is 9.97 Å². The van der Waals surface area contributed by atoms with Gasteiger partial charge < -0.3 is 15.0 Å². The Kier molecular flexibility index (Phi) is 4.71. The van der Waals surface area contributed by atoms with E-state index in [9.17, 15) is 4.79 Å². The van der Waals surface area contributed by atoms with E-state index < -0.39 is 6.10 Å². The van der Waals surface area contributed by atoms with E-state index in [-0.39, 0.29) is 5.91 Å². The average Bonchev–Trinajstić information content (AvgIpc) is 2.48. The molecule has 1 aromatic carbocycles. The second-order valence-electron chi connectivity index (χ2n) is 4.72. The molecule has 2 aromatic rings. The van der Waals surface area contributed by atoms with Crippen LogP contribution >= 0.6 is 0 Å². The Morgan fingerprint density at radius 1 is 1.29 bits per heavy atom. The summed E-state index contributed by atoms with van der Waals surface area (Å²) in [5.74, 6) is 1.04. The monoisotopic (exact) mass is 286 g/mol. The molecule has 6 nitrogen and oxygen atoms in total. The first kappa shape index (κ1) is 14.8. The van der Waals surface area contributed by atoms with E-state index in [4.69, 9.17) is 4.74 Å². The second-order valence-corrected chi connectivity index (χ2v) is 4.72. The van der Waals surface area contributed by atoms with Gasteiger partial charge in [-0.15, -0.1) is 0 Å². The van der Waals surface area contributed by atoms with Gasteiger partial charge in [0.05, 0.1) is 6.20 Å². The molecule has 0 spiro atoms. The number of benzene rings is 1. The van der Waals surface area contributed by atoms with Gasteiger partial charge in [0.2, 0.25) is 0 Å². The average molecular weight is 286 g/mol. The van der Waals surface area contributed by atoms with Crippen LogP contribution in [0.5, 0.6) is 5.75 Å². The van der Waals surface area contributed by atoms with Crippen molar-refractivity contribution in [3.63, 3.8) is 0 Å². The van der Waals surface area contributed by atoms with Crippen molar-refractivity contribution in [3.05, 3.63) is 42.9 Å². The molecule has 2 rings (SSSR count). The lowest BCUT2D eigenvalue weighted by Gasteiger charge is -2.18. The van der Waals surface area contributed by atoms with Crippen molar-refractivity contribution in [2.24, 2.45) is 0 Å². The van der Waals surface area contributed by atoms with Crippen molar-refractivity contribution in [1.82, 2.24) is 9.97 Å². The van der Waals surface area contributed by atoms with Crippen LogP contribution in [-0.4, -0.2) is 36.1 Å². The third-order valence-corrected chi connectivity index (χ3v) is 2.80. The number of nitrogens with one attached hydrogen (secondary N) is 1. The summed E-state index contributed by atoms with van der Waals surface area (Å²) in [6.07, 6.45) is 2.38. The molecule has 1 heterocycles. The Morgan fingerprint density at radius 2 is 2.00 bits per heavy atom. The molecule has 0 saturated heterocycles. The number of nitrogens with zero attached hydrogens (tertiary/aromatic N) is 3. The zero-order chi connectivity index (χ0) is 15.2. The molecule has 110 valence electrons. The van der Waals surface area contributed by atoms with Crippen LogP contribution in [0.3, 0.4) is 0 Å². The molecular weight excluding hydrogens is 268 g/mol. The van der Waals surface area contributed by atoms with Gasteiger partial charge in [0.1, 0.15) is 17.8 Å². The van der Waals surface area contributed by atoms with Crippen molar-refractivity contribution in [2.45, 2.75) is 13.0 Å². The topological polar surface area (TPSA) is 67.3 Å². The lowest BCUT2D eigenvalue weighted by atomic mass is 10.3. The molecule has 1 atom stereocenters. The van der Waals surface area contributed by atoms with Crippen LogP contribution in [0, 0.1) is 0 Å². The minimum absolute atomic E-state index is 0.253. The molecule has 0 bridgehead atoms. The highest BCUT2D eigenvalue weighted by Crippen LogP contribution is 2.20. The van der Waals surface area contributed by atoms with E-state index in [0.717, 1.165) is 0 Å². The highest BCUT2D eigenvalue weighted by atomic mass is 16.5. The van der Waals surface area contributed by atoms with Crippen molar-refractivity contribution in [2.75, 3.05) is 24.3 Å². The molecule has 1 N–H and O–H groups in total. The Bertz CT molecular complexity index is 602. The molecule has 0 radical (unpaired) electrons. The molecule has 1 amide bonds. The van der Waals surface area contributed by atoms with Crippen LogP contribution in [0.2, 0.25) is 0 Å². The first-order valence-corrected chi connectivity index (χ1v) is 6.58. The molecule has 0 aliphatic heterocycles. The Hall–Kier alpha value is -2.63. The molecule has 6 heteroatoms. The molecule has 1 unspecified atom stereocenters. The molecular formula is C15H18N4O2. The first-order chi connectivity index (χ1) is 10.1. The number of anilines is 2. The number of carbonyl (C=O) groups excluding carboxylic acids is 1. The number of amides is 1. The van der Waals surface area contributed by atoms with Crippen molar-refractivity contribution >= 4 is 17.4 Å². The van der Waals surface area contributed by atoms with Gasteiger partial charge in [-0.2, -0.15) is 0 Å². The second kappa shape index (κ2) is 6.69. The van der Waals surface area contributed by atoms with Crippen molar-refractivity contribution in [1.29, 1.82) is 0 Å². The summed E-state index contributed by atoms with van der Waals surface area (Å²) < 4.78 is 5.58. The minimum Gasteiger partial charge on any atom is -0.481 e. The van der Waals surface area contributed by atoms with Gasteiger partial charge in [-0.3, -0.25) is 4.79 Å². The molecule has 1 aromatic heterocycles. The zero-order valence-corrected chi connectivity index (χ0v) is 12.3. The predicted molar refractivity (Wildman–Crippen MR) is 81.5 cm³/mol. The van der Waals surface area contributed by atoms with Gasteiger partial charge in [-0.05, 0) is 19.1 Å². The maximum atomic E-state index is 12.2. The number of carbonyl (C=O) groups is 1. The maximum absolute atomic E-state index is 12.2. The quantitative estimate of drug-likeness (QED) is 0.910. The van der Waals surface area contributed by atoms with Gasteiger partial charge in [0.15, 0.2) is 11.9 Å². The van der Waals surface area contributed by atoms with Gasteiger partial charge in [-0.1, -0.05) is 18.2 Å². The van der Waals surface area contributed by atoms with Gasteiger partial charge in [0, 0.05) is 14.1 Å². The third kappa shape index (κ3) is 3.92. The van der Waals surface area contributed by atoms with Gasteiger partial charge >= 0.3 is 0 Å². The Balaban J connectivity index is 2.04. The van der Waals surface area contributed by atoms with E-state index in [1.807, 2.05) is 32.3 Å². The summed E-state index contributed by atoms with van der Waals surface area (Å²) in [5, 5.41) is 2.78. The number of ether oxygens (including phenoxy) is 1. The zero-order valence-electron chi connectivity index (χ0n) is 12.3. The number of hydrogen-bond acceptors (Lipinski definition) is 5. The third-order valence-electron chi connectivity index (χ3n) is 2.80. The normalized spacial score (nSPS) is 11.6. The van der Waals surface area contributed by atoms with Crippen LogP contribution < -0.4 is 15.0 Å². The predicted octanol–water partition coefficient (Wildman–Crippen LogP) is 1.95. The SMILES string of the molecule is CC(Oc1ccccc1)C(=O)Nc1cncnc1N(C)C. The van der Waals surface area contributed by atoms with E-state index in [1.165, 1.54) is 6.33 Å². The lowest BCUT2D eigenvalue weighted by molar-refractivity contribution is -0.122. The van der Waals surface area contributed by atoms with Crippen LogP contribution in [0.25, 0.3) is 0 Å². The summed E-state index contributed by atoms with van der Waals surface area (Å²) in [5.41, 5.74) is 0.552. The lowest BCUT2D eigenvalue weighted by Crippen LogP contribution is -2.31. The standard InChI is InChI=1S/C15H18N4O2/c1-11(21-12-7-5-4-6-8-12)15(20)18-13-9-16-10-17-14(13)19(2)3/h4-11H,1-3H3,(H,18,20). The summed E-state index contributed by atoms with van der Waals surface area (Å²) in [7, 11) is 3.70. The summed E-state index contributed by atoms with van der Waals surface area (Å²) in [6.45, 7) is 1.70. The van der Waals surface area contributed by atoms with Crippen LogP contribution in [0.4, 0.5) is 11.5 Å². The van der Waals surface area contributed by atoms with Gasteiger partial charge in [0.25, 0.3) is 5.91 Å². The molecule has 0 aliphatic carbocycles. The number of hydrogen-bond donors (Lipinski definition) is 1. The maximum Gasteiger partial charge on any atom is 0.265 e. The number of aromatic nitrogens is 2. The fraction of sp³-hybridized carbons (Fsp3) is 0.267. The summed E-state index contributed by atoms with van der Waals surface area (Å²) in [4.78, 5) is 22.1. The molecule has 0 fully saturated rings. The number of para-hydroxylation sites is 1. The Labute approximate surface area is 123 Å². The molecule has 21 heavy (non-hydrogen) atoms. The highest BCUT2D eigenvalue weighted by molar-refractivity contribution is 5.96.